The minimum absolute atomic E-state index is 0.242. The van der Waals surface area contributed by atoms with Crippen LogP contribution in [-0.2, 0) is 27.0 Å². The Balaban J connectivity index is 3.03. The van der Waals surface area contributed by atoms with Crippen LogP contribution in [0.5, 0.6) is 0 Å². The molecule has 6 nitrogen and oxygen atoms in total. The van der Waals surface area contributed by atoms with E-state index in [1.807, 2.05) is 0 Å². The summed E-state index contributed by atoms with van der Waals surface area (Å²) in [6.07, 6.45) is -5.18. The molecular formula is C17H21F3N2O4. The van der Waals surface area contributed by atoms with Crippen molar-refractivity contribution in [2.75, 3.05) is 0 Å². The van der Waals surface area contributed by atoms with Gasteiger partial charge in [0.2, 0.25) is 11.8 Å². The Morgan fingerprint density at radius 2 is 1.69 bits per heavy atom. The van der Waals surface area contributed by atoms with Gasteiger partial charge in [0.1, 0.15) is 12.1 Å². The van der Waals surface area contributed by atoms with Crippen molar-refractivity contribution in [3.63, 3.8) is 0 Å². The fourth-order valence-corrected chi connectivity index (χ4v) is 2.41. The number of carboxylic acids is 1. The van der Waals surface area contributed by atoms with Crippen molar-refractivity contribution < 1.29 is 32.7 Å². The SMILES string of the molecule is CC(=O)N[C@@H](C(=O)N[C@H](Cc1ccccc1C(F)(F)F)C(=O)O)C(C)C. The monoisotopic (exact) mass is 374 g/mol. The molecule has 0 saturated heterocycles. The fraction of sp³-hybridized carbons (Fsp3) is 0.471. The molecule has 2 amide bonds. The molecule has 9 heteroatoms. The van der Waals surface area contributed by atoms with Crippen LogP contribution in [0.4, 0.5) is 13.2 Å². The van der Waals surface area contributed by atoms with E-state index in [-0.39, 0.29) is 11.5 Å². The van der Waals surface area contributed by atoms with E-state index in [1.165, 1.54) is 25.1 Å². The van der Waals surface area contributed by atoms with E-state index >= 15 is 0 Å². The molecule has 0 fully saturated rings. The number of rotatable bonds is 7. The second kappa shape index (κ2) is 8.68. The highest BCUT2D eigenvalue weighted by Gasteiger charge is 2.35. The summed E-state index contributed by atoms with van der Waals surface area (Å²) in [7, 11) is 0. The van der Waals surface area contributed by atoms with Crippen LogP contribution in [0.2, 0.25) is 0 Å². The van der Waals surface area contributed by atoms with Crippen LogP contribution in [-0.4, -0.2) is 35.0 Å². The van der Waals surface area contributed by atoms with Crippen LogP contribution in [0.25, 0.3) is 0 Å². The number of amides is 2. The molecule has 1 rings (SSSR count). The summed E-state index contributed by atoms with van der Waals surface area (Å²) in [5.41, 5.74) is -1.20. The lowest BCUT2D eigenvalue weighted by molar-refractivity contribution is -0.143. The molecule has 3 N–H and O–H groups in total. The molecule has 0 aliphatic carbocycles. The Hall–Kier alpha value is -2.58. The fourth-order valence-electron chi connectivity index (χ4n) is 2.41. The van der Waals surface area contributed by atoms with Gasteiger partial charge in [-0.3, -0.25) is 9.59 Å². The maximum Gasteiger partial charge on any atom is 0.416 e. The van der Waals surface area contributed by atoms with Crippen LogP contribution < -0.4 is 10.6 Å². The first-order valence-electron chi connectivity index (χ1n) is 7.88. The number of halogens is 3. The van der Waals surface area contributed by atoms with Crippen molar-refractivity contribution >= 4 is 17.8 Å². The Morgan fingerprint density at radius 3 is 2.15 bits per heavy atom. The maximum absolute atomic E-state index is 13.1. The average Bonchev–Trinajstić information content (AvgIpc) is 2.50. The third-order valence-corrected chi connectivity index (χ3v) is 3.67. The van der Waals surface area contributed by atoms with Crippen molar-refractivity contribution in [2.24, 2.45) is 5.92 Å². The van der Waals surface area contributed by atoms with E-state index in [2.05, 4.69) is 10.6 Å². The Kier molecular flexibility index (Phi) is 7.17. The average molecular weight is 374 g/mol. The van der Waals surface area contributed by atoms with Gasteiger partial charge in [0.05, 0.1) is 5.56 Å². The van der Waals surface area contributed by atoms with Crippen molar-refractivity contribution in [3.05, 3.63) is 35.4 Å². The largest absolute Gasteiger partial charge is 0.480 e. The summed E-state index contributed by atoms with van der Waals surface area (Å²) in [4.78, 5) is 34.9. The molecule has 1 aromatic carbocycles. The van der Waals surface area contributed by atoms with Crippen LogP contribution in [0.1, 0.15) is 31.9 Å². The number of hydrogen-bond acceptors (Lipinski definition) is 3. The van der Waals surface area contributed by atoms with Gasteiger partial charge < -0.3 is 15.7 Å². The summed E-state index contributed by atoms with van der Waals surface area (Å²) in [5, 5.41) is 13.9. The zero-order chi connectivity index (χ0) is 20.1. The highest BCUT2D eigenvalue weighted by atomic mass is 19.4. The Bertz CT molecular complexity index is 674. The summed E-state index contributed by atoms with van der Waals surface area (Å²) in [5.74, 6) is -3.06. The molecule has 144 valence electrons. The number of carbonyl (C=O) groups is 3. The lowest BCUT2D eigenvalue weighted by Gasteiger charge is -2.24. The standard InChI is InChI=1S/C17H21F3N2O4/c1-9(2)14(21-10(3)23)15(24)22-13(16(25)26)8-11-6-4-5-7-12(11)17(18,19)20/h4-7,9,13-14H,8H2,1-3H3,(H,21,23)(H,22,24)(H,25,26)/t13-,14-/m1/s1. The van der Waals surface area contributed by atoms with Crippen LogP contribution in [0, 0.1) is 5.92 Å². The maximum atomic E-state index is 13.1. The van der Waals surface area contributed by atoms with Crippen molar-refractivity contribution in [2.45, 2.75) is 45.5 Å². The van der Waals surface area contributed by atoms with Crippen LogP contribution in [0.3, 0.4) is 0 Å². The van der Waals surface area contributed by atoms with Crippen molar-refractivity contribution in [1.82, 2.24) is 10.6 Å². The molecule has 0 aliphatic rings. The van der Waals surface area contributed by atoms with E-state index in [0.29, 0.717) is 0 Å². The summed E-state index contributed by atoms with van der Waals surface area (Å²) in [6.45, 7) is 4.50. The van der Waals surface area contributed by atoms with Gasteiger partial charge in [-0.05, 0) is 17.5 Å². The molecule has 1 aromatic rings. The molecule has 2 atom stereocenters. The number of carboxylic acid groups (broad SMARTS) is 1. The van der Waals surface area contributed by atoms with Crippen LogP contribution >= 0.6 is 0 Å². The number of aliphatic carboxylic acids is 1. The molecule has 26 heavy (non-hydrogen) atoms. The summed E-state index contributed by atoms with van der Waals surface area (Å²) >= 11 is 0. The quantitative estimate of drug-likeness (QED) is 0.680. The van der Waals surface area contributed by atoms with Gasteiger partial charge in [0.25, 0.3) is 0 Å². The second-order valence-corrected chi connectivity index (χ2v) is 6.18. The number of carbonyl (C=O) groups excluding carboxylic acids is 2. The lowest BCUT2D eigenvalue weighted by atomic mass is 9.98. The van der Waals surface area contributed by atoms with E-state index in [9.17, 15) is 32.7 Å². The zero-order valence-corrected chi connectivity index (χ0v) is 14.6. The minimum atomic E-state index is -4.64. The highest BCUT2D eigenvalue weighted by Crippen LogP contribution is 2.32. The molecule has 0 saturated carbocycles. The summed E-state index contributed by atoms with van der Waals surface area (Å²) in [6, 6.07) is 2.02. The number of nitrogens with one attached hydrogen (secondary N) is 2. The third kappa shape index (κ3) is 6.05. The van der Waals surface area contributed by atoms with Gasteiger partial charge in [-0.25, -0.2) is 4.79 Å². The first kappa shape index (κ1) is 21.5. The van der Waals surface area contributed by atoms with Gasteiger partial charge in [0.15, 0.2) is 0 Å². The van der Waals surface area contributed by atoms with Gasteiger partial charge in [-0.2, -0.15) is 13.2 Å². The van der Waals surface area contributed by atoms with Gasteiger partial charge in [0, 0.05) is 13.3 Å². The van der Waals surface area contributed by atoms with Gasteiger partial charge in [-0.15, -0.1) is 0 Å². The van der Waals surface area contributed by atoms with E-state index in [4.69, 9.17) is 0 Å². The van der Waals surface area contributed by atoms with E-state index in [0.717, 1.165) is 6.07 Å². The van der Waals surface area contributed by atoms with Crippen LogP contribution in [0.15, 0.2) is 24.3 Å². The molecular weight excluding hydrogens is 353 g/mol. The molecule has 0 unspecified atom stereocenters. The van der Waals surface area contributed by atoms with Crippen molar-refractivity contribution in [1.29, 1.82) is 0 Å². The highest BCUT2D eigenvalue weighted by molar-refractivity contribution is 5.90. The second-order valence-electron chi connectivity index (χ2n) is 6.18. The first-order valence-corrected chi connectivity index (χ1v) is 7.88. The Labute approximate surface area is 148 Å². The normalized spacial score (nSPS) is 13.8. The third-order valence-electron chi connectivity index (χ3n) is 3.67. The van der Waals surface area contributed by atoms with Gasteiger partial charge >= 0.3 is 12.1 Å². The minimum Gasteiger partial charge on any atom is -0.480 e. The number of alkyl halides is 3. The predicted molar refractivity (Wildman–Crippen MR) is 87.2 cm³/mol. The predicted octanol–water partition coefficient (Wildman–Crippen LogP) is 1.98. The summed E-state index contributed by atoms with van der Waals surface area (Å²) < 4.78 is 39.2. The molecule has 0 radical (unpaired) electrons. The number of hydrogen-bond donors (Lipinski definition) is 3. The Morgan fingerprint density at radius 1 is 1.12 bits per heavy atom. The smallest absolute Gasteiger partial charge is 0.416 e. The number of benzene rings is 1. The molecule has 0 bridgehead atoms. The first-order chi connectivity index (χ1) is 11.9. The van der Waals surface area contributed by atoms with E-state index in [1.54, 1.807) is 13.8 Å². The topological polar surface area (TPSA) is 95.5 Å². The van der Waals surface area contributed by atoms with E-state index < -0.39 is 48.0 Å². The van der Waals surface area contributed by atoms with Gasteiger partial charge in [-0.1, -0.05) is 32.0 Å². The molecule has 0 heterocycles. The lowest BCUT2D eigenvalue weighted by Crippen LogP contribution is -2.53. The molecule has 0 spiro atoms. The zero-order valence-electron chi connectivity index (χ0n) is 14.6. The van der Waals surface area contributed by atoms with Crippen molar-refractivity contribution in [3.8, 4) is 0 Å². The molecule has 0 aliphatic heterocycles. The molecule has 0 aromatic heterocycles.